The molecule has 1 unspecified atom stereocenters. The molecule has 0 bridgehead atoms. The van der Waals surface area contributed by atoms with Crippen molar-refractivity contribution in [2.24, 2.45) is 0 Å². The van der Waals surface area contributed by atoms with Crippen LogP contribution in [0.5, 0.6) is 0 Å². The molecule has 1 atom stereocenters. The fraction of sp³-hybridized carbons (Fsp3) is 0.273. The summed E-state index contributed by atoms with van der Waals surface area (Å²) >= 11 is 0. The van der Waals surface area contributed by atoms with Crippen LogP contribution in [0.3, 0.4) is 0 Å². The Labute approximate surface area is 163 Å². The van der Waals surface area contributed by atoms with Crippen molar-refractivity contribution in [3.05, 3.63) is 66.1 Å². The molecule has 6 heteroatoms. The van der Waals surface area contributed by atoms with Crippen molar-refractivity contribution in [1.29, 1.82) is 0 Å². The van der Waals surface area contributed by atoms with Crippen LogP contribution < -0.4 is 10.6 Å². The smallest absolute Gasteiger partial charge is 0.338 e. The number of benzene rings is 2. The number of oxazole rings is 1. The summed E-state index contributed by atoms with van der Waals surface area (Å²) in [7, 11) is 0. The lowest BCUT2D eigenvalue weighted by atomic mass is 9.83. The first-order chi connectivity index (χ1) is 13.6. The first kappa shape index (κ1) is 18.1. The minimum absolute atomic E-state index is 0.298. The molecule has 0 saturated carbocycles. The predicted molar refractivity (Wildman–Crippen MR) is 108 cm³/mol. The topological polar surface area (TPSA) is 76.4 Å². The van der Waals surface area contributed by atoms with Gasteiger partial charge >= 0.3 is 5.97 Å². The van der Waals surface area contributed by atoms with Crippen LogP contribution in [0.1, 0.15) is 36.2 Å². The zero-order valence-electron chi connectivity index (χ0n) is 16.0. The molecule has 2 N–H and O–H groups in total. The van der Waals surface area contributed by atoms with Gasteiger partial charge in [0.25, 0.3) is 0 Å². The number of rotatable bonds is 5. The van der Waals surface area contributed by atoms with E-state index in [1.54, 1.807) is 18.5 Å². The third kappa shape index (κ3) is 3.45. The summed E-state index contributed by atoms with van der Waals surface area (Å²) in [6, 6.07) is 13.7. The Bertz CT molecular complexity index is 967. The minimum Gasteiger partial charge on any atom is -0.462 e. The maximum absolute atomic E-state index is 12.2. The number of aromatic nitrogens is 1. The summed E-state index contributed by atoms with van der Waals surface area (Å²) in [5.74, 6) is 0.303. The number of ether oxygens (including phenoxy) is 1. The van der Waals surface area contributed by atoms with E-state index in [9.17, 15) is 4.79 Å². The predicted octanol–water partition coefficient (Wildman–Crippen LogP) is 4.66. The molecule has 1 aliphatic heterocycles. The Morgan fingerprint density at radius 2 is 2.11 bits per heavy atom. The number of hydrogen-bond acceptors (Lipinski definition) is 6. The van der Waals surface area contributed by atoms with Crippen LogP contribution in [0.4, 0.5) is 11.4 Å². The summed E-state index contributed by atoms with van der Waals surface area (Å²) in [6.45, 7) is 5.18. The summed E-state index contributed by atoms with van der Waals surface area (Å²) < 4.78 is 10.5. The van der Waals surface area contributed by atoms with Gasteiger partial charge in [0.05, 0.1) is 23.9 Å². The molecule has 28 heavy (non-hydrogen) atoms. The van der Waals surface area contributed by atoms with Crippen LogP contribution >= 0.6 is 0 Å². The zero-order chi connectivity index (χ0) is 19.6. The standard InChI is InChI=1S/C22H23N3O3/c1-3-27-21(26)16-6-9-19-18(14-16)22(2,10-11-23-19)25-17-7-4-15(5-8-17)20-24-12-13-28-20/h4-9,12-14,23,25H,3,10-11H2,1-2H3. The lowest BCUT2D eigenvalue weighted by Gasteiger charge is -2.38. The molecule has 144 valence electrons. The molecule has 2 heterocycles. The van der Waals surface area contributed by atoms with Crippen molar-refractivity contribution >= 4 is 17.3 Å². The van der Waals surface area contributed by atoms with E-state index >= 15 is 0 Å². The number of anilines is 2. The Hall–Kier alpha value is -3.28. The molecule has 6 nitrogen and oxygen atoms in total. The summed E-state index contributed by atoms with van der Waals surface area (Å²) in [4.78, 5) is 16.3. The molecule has 0 fully saturated rings. The molecule has 3 aromatic rings. The van der Waals surface area contributed by atoms with Crippen LogP contribution in [-0.2, 0) is 10.3 Å². The zero-order valence-corrected chi connectivity index (χ0v) is 16.0. The number of carbonyl (C=O) groups is 1. The molecule has 0 radical (unpaired) electrons. The molecule has 0 aliphatic carbocycles. The van der Waals surface area contributed by atoms with Crippen molar-refractivity contribution < 1.29 is 13.9 Å². The van der Waals surface area contributed by atoms with Crippen molar-refractivity contribution in [1.82, 2.24) is 4.98 Å². The average Bonchev–Trinajstić information content (AvgIpc) is 3.23. The van der Waals surface area contributed by atoms with E-state index in [1.165, 1.54) is 0 Å². The lowest BCUT2D eigenvalue weighted by Crippen LogP contribution is -2.38. The van der Waals surface area contributed by atoms with Gasteiger partial charge in [-0.3, -0.25) is 0 Å². The highest BCUT2D eigenvalue weighted by atomic mass is 16.5. The normalized spacial score (nSPS) is 18.1. The quantitative estimate of drug-likeness (QED) is 0.630. The Kier molecular flexibility index (Phi) is 4.77. The summed E-state index contributed by atoms with van der Waals surface area (Å²) in [6.07, 6.45) is 4.08. The van der Waals surface area contributed by atoms with E-state index < -0.39 is 0 Å². The molecule has 0 amide bonds. The van der Waals surface area contributed by atoms with Crippen LogP contribution in [0.2, 0.25) is 0 Å². The van der Waals surface area contributed by atoms with Gasteiger partial charge in [0.15, 0.2) is 0 Å². The van der Waals surface area contributed by atoms with Crippen molar-refractivity contribution in [2.75, 3.05) is 23.8 Å². The monoisotopic (exact) mass is 377 g/mol. The van der Waals surface area contributed by atoms with Gasteiger partial charge in [0, 0.05) is 29.0 Å². The number of nitrogens with zero attached hydrogens (tertiary/aromatic N) is 1. The second kappa shape index (κ2) is 7.38. The fourth-order valence-corrected chi connectivity index (χ4v) is 3.59. The summed E-state index contributed by atoms with van der Waals surface area (Å²) in [5.41, 5.74) is 4.26. The summed E-state index contributed by atoms with van der Waals surface area (Å²) in [5, 5.41) is 7.06. The van der Waals surface area contributed by atoms with Gasteiger partial charge in [-0.2, -0.15) is 0 Å². The van der Waals surface area contributed by atoms with Crippen molar-refractivity contribution in [3.8, 4) is 11.5 Å². The van der Waals surface area contributed by atoms with Gasteiger partial charge in [-0.05, 0) is 62.7 Å². The Morgan fingerprint density at radius 3 is 2.82 bits per heavy atom. The number of nitrogens with one attached hydrogen (secondary N) is 2. The van der Waals surface area contributed by atoms with E-state index in [0.29, 0.717) is 18.1 Å². The largest absolute Gasteiger partial charge is 0.462 e. The average molecular weight is 377 g/mol. The third-order valence-electron chi connectivity index (χ3n) is 5.05. The molecule has 1 aromatic heterocycles. The second-order valence-corrected chi connectivity index (χ2v) is 7.03. The lowest BCUT2D eigenvalue weighted by molar-refractivity contribution is 0.0526. The highest BCUT2D eigenvalue weighted by Crippen LogP contribution is 2.38. The fourth-order valence-electron chi connectivity index (χ4n) is 3.59. The Balaban J connectivity index is 1.61. The van der Waals surface area contributed by atoms with Crippen LogP contribution in [0.25, 0.3) is 11.5 Å². The van der Waals surface area contributed by atoms with Crippen LogP contribution in [0.15, 0.2) is 59.3 Å². The first-order valence-electron chi connectivity index (χ1n) is 9.43. The van der Waals surface area contributed by atoms with Gasteiger partial charge in [0.1, 0.15) is 6.26 Å². The SMILES string of the molecule is CCOC(=O)c1ccc2c(c1)C(C)(Nc1ccc(-c3ncco3)cc1)CCN2. The van der Waals surface area contributed by atoms with Gasteiger partial charge in [-0.15, -0.1) is 0 Å². The molecule has 1 aliphatic rings. The molecule has 0 spiro atoms. The molecular weight excluding hydrogens is 354 g/mol. The Morgan fingerprint density at radius 1 is 1.29 bits per heavy atom. The first-order valence-corrected chi connectivity index (χ1v) is 9.43. The van der Waals surface area contributed by atoms with Gasteiger partial charge < -0.3 is 19.8 Å². The maximum Gasteiger partial charge on any atom is 0.338 e. The maximum atomic E-state index is 12.2. The second-order valence-electron chi connectivity index (χ2n) is 7.03. The van der Waals surface area contributed by atoms with E-state index in [1.807, 2.05) is 43.3 Å². The van der Waals surface area contributed by atoms with Crippen LogP contribution in [0, 0.1) is 0 Å². The molecule has 2 aromatic carbocycles. The number of esters is 1. The van der Waals surface area contributed by atoms with Gasteiger partial charge in [-0.1, -0.05) is 0 Å². The van der Waals surface area contributed by atoms with E-state index in [2.05, 4.69) is 22.5 Å². The van der Waals surface area contributed by atoms with Gasteiger partial charge in [0.2, 0.25) is 5.89 Å². The number of hydrogen-bond donors (Lipinski definition) is 2. The van der Waals surface area contributed by atoms with Crippen LogP contribution in [-0.4, -0.2) is 24.1 Å². The van der Waals surface area contributed by atoms with E-state index in [4.69, 9.17) is 9.15 Å². The number of fused-ring (bicyclic) bond motifs is 1. The molecule has 0 saturated heterocycles. The highest BCUT2D eigenvalue weighted by molar-refractivity contribution is 5.90. The van der Waals surface area contributed by atoms with E-state index in [-0.39, 0.29) is 11.5 Å². The highest BCUT2D eigenvalue weighted by Gasteiger charge is 2.33. The molecular formula is C22H23N3O3. The van der Waals surface area contributed by atoms with Crippen molar-refractivity contribution in [2.45, 2.75) is 25.8 Å². The molecule has 4 rings (SSSR count). The minimum atomic E-state index is -0.312. The van der Waals surface area contributed by atoms with Crippen molar-refractivity contribution in [3.63, 3.8) is 0 Å². The van der Waals surface area contributed by atoms with Gasteiger partial charge in [-0.25, -0.2) is 9.78 Å². The number of carbonyl (C=O) groups excluding carboxylic acids is 1. The van der Waals surface area contributed by atoms with E-state index in [0.717, 1.165) is 35.5 Å². The third-order valence-corrected chi connectivity index (χ3v) is 5.05.